The molecule has 1 N–H and O–H groups in total. The van der Waals surface area contributed by atoms with Gasteiger partial charge in [0.25, 0.3) is 0 Å². The largest absolute Gasteiger partial charge is 0.497 e. The van der Waals surface area contributed by atoms with Crippen molar-refractivity contribution in [1.29, 1.82) is 0 Å². The van der Waals surface area contributed by atoms with Gasteiger partial charge in [0.2, 0.25) is 11.7 Å². The number of halogens is 1. The summed E-state index contributed by atoms with van der Waals surface area (Å²) in [6, 6.07) is 7.71. The highest BCUT2D eigenvalue weighted by atomic mass is 35.5. The third-order valence-corrected chi connectivity index (χ3v) is 4.96. The zero-order valence-electron chi connectivity index (χ0n) is 13.8. The van der Waals surface area contributed by atoms with Crippen LogP contribution in [-0.2, 0) is 6.54 Å². The topological polar surface area (TPSA) is 63.4 Å². The summed E-state index contributed by atoms with van der Waals surface area (Å²) in [5, 5.41) is 7.60. The van der Waals surface area contributed by atoms with Crippen LogP contribution in [0.25, 0.3) is 11.4 Å². The molecular formula is C17H23ClN4O2. The summed E-state index contributed by atoms with van der Waals surface area (Å²) in [7, 11) is 1.66. The van der Waals surface area contributed by atoms with Crippen LogP contribution in [0, 0.1) is 11.8 Å². The molecule has 0 spiro atoms. The van der Waals surface area contributed by atoms with Gasteiger partial charge in [0.15, 0.2) is 0 Å². The third-order valence-electron chi connectivity index (χ3n) is 4.96. The number of methoxy groups -OCH3 is 1. The lowest BCUT2D eigenvalue weighted by atomic mass is 9.89. The maximum absolute atomic E-state index is 5.44. The Morgan fingerprint density at radius 3 is 2.83 bits per heavy atom. The number of piperidine rings is 1. The Bertz CT molecular complexity index is 661. The first kappa shape index (κ1) is 17.2. The number of likely N-dealkylation sites (tertiary alicyclic amines) is 1. The molecule has 1 aromatic heterocycles. The molecule has 2 aliphatic heterocycles. The molecule has 24 heavy (non-hydrogen) atoms. The summed E-state index contributed by atoms with van der Waals surface area (Å²) < 4.78 is 10.6. The van der Waals surface area contributed by atoms with Gasteiger partial charge in [0.05, 0.1) is 13.7 Å². The number of nitrogens with one attached hydrogen (secondary N) is 1. The molecule has 2 unspecified atom stereocenters. The molecule has 7 heteroatoms. The second-order valence-electron chi connectivity index (χ2n) is 6.44. The molecule has 0 amide bonds. The van der Waals surface area contributed by atoms with Crippen LogP contribution in [0.2, 0.25) is 0 Å². The van der Waals surface area contributed by atoms with Gasteiger partial charge in [0.1, 0.15) is 5.75 Å². The summed E-state index contributed by atoms with van der Waals surface area (Å²) in [4.78, 5) is 6.97. The number of fused-ring (bicyclic) bond motifs is 1. The molecule has 2 aromatic rings. The Kier molecular flexibility index (Phi) is 5.38. The van der Waals surface area contributed by atoms with E-state index in [9.17, 15) is 0 Å². The Morgan fingerprint density at radius 1 is 1.25 bits per heavy atom. The van der Waals surface area contributed by atoms with E-state index < -0.39 is 0 Å². The van der Waals surface area contributed by atoms with Gasteiger partial charge in [-0.2, -0.15) is 4.98 Å². The number of aromatic nitrogens is 2. The van der Waals surface area contributed by atoms with Crippen LogP contribution in [-0.4, -0.2) is 48.3 Å². The molecule has 0 saturated carbocycles. The number of rotatable bonds is 4. The Morgan fingerprint density at radius 2 is 2.04 bits per heavy atom. The molecule has 6 nitrogen and oxygen atoms in total. The van der Waals surface area contributed by atoms with Crippen LogP contribution in [0.3, 0.4) is 0 Å². The van der Waals surface area contributed by atoms with Crippen LogP contribution in [0.5, 0.6) is 5.75 Å². The van der Waals surface area contributed by atoms with Crippen molar-refractivity contribution >= 4 is 12.4 Å². The second kappa shape index (κ2) is 7.51. The van der Waals surface area contributed by atoms with E-state index in [2.05, 4.69) is 20.4 Å². The number of benzene rings is 1. The van der Waals surface area contributed by atoms with Crippen molar-refractivity contribution in [3.05, 3.63) is 30.2 Å². The molecule has 4 rings (SSSR count). The number of nitrogens with zero attached hydrogens (tertiary/aromatic N) is 3. The van der Waals surface area contributed by atoms with E-state index in [1.54, 1.807) is 7.11 Å². The highest BCUT2D eigenvalue weighted by Crippen LogP contribution is 2.27. The lowest BCUT2D eigenvalue weighted by molar-refractivity contribution is 0.128. The summed E-state index contributed by atoms with van der Waals surface area (Å²) >= 11 is 0. The monoisotopic (exact) mass is 350 g/mol. The van der Waals surface area contributed by atoms with E-state index in [0.29, 0.717) is 11.7 Å². The van der Waals surface area contributed by atoms with E-state index in [4.69, 9.17) is 9.26 Å². The van der Waals surface area contributed by atoms with E-state index in [-0.39, 0.29) is 12.4 Å². The Hall–Kier alpha value is -1.63. The molecule has 0 radical (unpaired) electrons. The summed E-state index contributed by atoms with van der Waals surface area (Å²) in [6.45, 7) is 5.30. The standard InChI is InChI=1S/C17H22N4O2.ClH/c1-22-15-4-2-12(3-5-15)17-19-16(23-20-17)11-21-7-6-13-8-18-9-14(13)10-21;/h2-5,13-14,18H,6-11H2,1H3;1H. The van der Waals surface area contributed by atoms with Crippen molar-refractivity contribution in [2.45, 2.75) is 13.0 Å². The van der Waals surface area contributed by atoms with Crippen LogP contribution in [0.1, 0.15) is 12.3 Å². The molecule has 0 bridgehead atoms. The fourth-order valence-corrected chi connectivity index (χ4v) is 3.62. The van der Waals surface area contributed by atoms with Crippen molar-refractivity contribution < 1.29 is 9.26 Å². The molecule has 3 heterocycles. The van der Waals surface area contributed by atoms with Crippen LogP contribution in [0.15, 0.2) is 28.8 Å². The first-order valence-electron chi connectivity index (χ1n) is 8.22. The van der Waals surface area contributed by atoms with Crippen molar-refractivity contribution in [3.8, 4) is 17.1 Å². The number of hydrogen-bond donors (Lipinski definition) is 1. The van der Waals surface area contributed by atoms with Gasteiger partial charge in [-0.3, -0.25) is 4.90 Å². The highest BCUT2D eigenvalue weighted by molar-refractivity contribution is 5.85. The fourth-order valence-electron chi connectivity index (χ4n) is 3.62. The summed E-state index contributed by atoms with van der Waals surface area (Å²) in [6.07, 6.45) is 1.26. The average molecular weight is 351 g/mol. The van der Waals surface area contributed by atoms with Crippen molar-refractivity contribution in [2.24, 2.45) is 11.8 Å². The van der Waals surface area contributed by atoms with Crippen LogP contribution < -0.4 is 10.1 Å². The van der Waals surface area contributed by atoms with E-state index in [1.165, 1.54) is 13.0 Å². The average Bonchev–Trinajstić information content (AvgIpc) is 3.24. The zero-order chi connectivity index (χ0) is 15.6. The van der Waals surface area contributed by atoms with Gasteiger partial charge in [-0.15, -0.1) is 12.4 Å². The molecule has 2 atom stereocenters. The van der Waals surface area contributed by atoms with Crippen molar-refractivity contribution in [3.63, 3.8) is 0 Å². The smallest absolute Gasteiger partial charge is 0.241 e. The van der Waals surface area contributed by atoms with Crippen molar-refractivity contribution in [1.82, 2.24) is 20.4 Å². The first-order chi connectivity index (χ1) is 11.3. The third kappa shape index (κ3) is 3.55. The molecule has 2 aliphatic rings. The van der Waals surface area contributed by atoms with Gasteiger partial charge in [-0.1, -0.05) is 5.16 Å². The van der Waals surface area contributed by atoms with Gasteiger partial charge in [0, 0.05) is 12.1 Å². The van der Waals surface area contributed by atoms with Gasteiger partial charge in [-0.05, 0) is 62.2 Å². The maximum Gasteiger partial charge on any atom is 0.241 e. The maximum atomic E-state index is 5.44. The molecule has 130 valence electrons. The predicted octanol–water partition coefficient (Wildman–Crippen LogP) is 2.21. The van der Waals surface area contributed by atoms with Crippen LogP contribution >= 0.6 is 12.4 Å². The zero-order valence-corrected chi connectivity index (χ0v) is 14.6. The van der Waals surface area contributed by atoms with E-state index in [0.717, 1.165) is 49.3 Å². The summed E-state index contributed by atoms with van der Waals surface area (Å²) in [5.41, 5.74) is 0.944. The van der Waals surface area contributed by atoms with E-state index in [1.807, 2.05) is 24.3 Å². The first-order valence-corrected chi connectivity index (χ1v) is 8.22. The lowest BCUT2D eigenvalue weighted by Gasteiger charge is -2.33. The quantitative estimate of drug-likeness (QED) is 0.912. The van der Waals surface area contributed by atoms with Gasteiger partial charge in [-0.25, -0.2) is 0 Å². The fraction of sp³-hybridized carbons (Fsp3) is 0.529. The van der Waals surface area contributed by atoms with Gasteiger partial charge >= 0.3 is 0 Å². The number of ether oxygens (including phenoxy) is 1. The van der Waals surface area contributed by atoms with E-state index >= 15 is 0 Å². The van der Waals surface area contributed by atoms with Crippen molar-refractivity contribution in [2.75, 3.05) is 33.3 Å². The Balaban J connectivity index is 0.00000169. The second-order valence-corrected chi connectivity index (χ2v) is 6.44. The summed E-state index contributed by atoms with van der Waals surface area (Å²) in [5.74, 6) is 3.78. The minimum atomic E-state index is 0. The van der Waals surface area contributed by atoms with Gasteiger partial charge < -0.3 is 14.6 Å². The minimum absolute atomic E-state index is 0. The Labute approximate surface area is 148 Å². The normalized spacial score (nSPS) is 23.5. The molecule has 0 aliphatic carbocycles. The number of hydrogen-bond acceptors (Lipinski definition) is 6. The minimum Gasteiger partial charge on any atom is -0.497 e. The lowest BCUT2D eigenvalue weighted by Crippen LogP contribution is -2.39. The predicted molar refractivity (Wildman–Crippen MR) is 93.3 cm³/mol. The molecule has 2 saturated heterocycles. The highest BCUT2D eigenvalue weighted by Gasteiger charge is 2.33. The molecular weight excluding hydrogens is 328 g/mol. The molecule has 1 aromatic carbocycles. The molecule has 2 fully saturated rings. The SMILES string of the molecule is COc1ccc(-c2noc(CN3CCC4CNCC4C3)n2)cc1.Cl. The van der Waals surface area contributed by atoms with Crippen LogP contribution in [0.4, 0.5) is 0 Å².